The summed E-state index contributed by atoms with van der Waals surface area (Å²) in [5.41, 5.74) is 0. The zero-order chi connectivity index (χ0) is 7.28. The Labute approximate surface area is 58.9 Å². The number of ether oxygens (including phenoxy) is 2. The largest absolute Gasteiger partial charge is 0.428 e. The van der Waals surface area contributed by atoms with Crippen LogP contribution in [0.25, 0.3) is 0 Å². The second kappa shape index (κ2) is 6.03. The topological polar surface area (TPSA) is 87.6 Å². The first-order valence-corrected chi connectivity index (χ1v) is 2.39. The van der Waals surface area contributed by atoms with Crippen LogP contribution in [0, 0.1) is 0 Å². The van der Waals surface area contributed by atoms with Crippen LogP contribution < -0.4 is 6.15 Å². The van der Waals surface area contributed by atoms with Crippen LogP contribution in [0.4, 0.5) is 0 Å². The van der Waals surface area contributed by atoms with E-state index in [1.54, 1.807) is 0 Å². The van der Waals surface area contributed by atoms with E-state index < -0.39 is 11.9 Å². The SMILES string of the molecule is CC(=O)OCOC(C)=O.N. The molecule has 0 aromatic rings. The van der Waals surface area contributed by atoms with Gasteiger partial charge in [0.2, 0.25) is 6.79 Å². The van der Waals surface area contributed by atoms with Crippen molar-refractivity contribution in [1.82, 2.24) is 6.15 Å². The molecule has 0 rings (SSSR count). The van der Waals surface area contributed by atoms with Gasteiger partial charge in [-0.2, -0.15) is 0 Å². The molecule has 5 nitrogen and oxygen atoms in total. The highest BCUT2D eigenvalue weighted by molar-refractivity contribution is 5.67. The van der Waals surface area contributed by atoms with E-state index in [4.69, 9.17) is 0 Å². The van der Waals surface area contributed by atoms with E-state index in [1.807, 2.05) is 0 Å². The lowest BCUT2D eigenvalue weighted by molar-refractivity contribution is -0.163. The van der Waals surface area contributed by atoms with E-state index in [0.29, 0.717) is 0 Å². The van der Waals surface area contributed by atoms with E-state index in [2.05, 4.69) is 9.47 Å². The van der Waals surface area contributed by atoms with Gasteiger partial charge in [-0.15, -0.1) is 0 Å². The lowest BCUT2D eigenvalue weighted by atomic mass is 10.8. The minimum absolute atomic E-state index is 0. The molecule has 0 fully saturated rings. The zero-order valence-corrected chi connectivity index (χ0v) is 6.05. The van der Waals surface area contributed by atoms with Crippen molar-refractivity contribution in [3.05, 3.63) is 0 Å². The molecule has 0 aromatic carbocycles. The molecule has 0 aliphatic rings. The van der Waals surface area contributed by atoms with Gasteiger partial charge < -0.3 is 15.6 Å². The van der Waals surface area contributed by atoms with Crippen LogP contribution >= 0.6 is 0 Å². The molecule has 0 spiro atoms. The molecule has 0 aliphatic carbocycles. The second-order valence-corrected chi connectivity index (χ2v) is 1.39. The van der Waals surface area contributed by atoms with Gasteiger partial charge in [-0.1, -0.05) is 0 Å². The predicted molar refractivity (Wildman–Crippen MR) is 33.4 cm³/mol. The third-order valence-electron chi connectivity index (χ3n) is 0.524. The zero-order valence-electron chi connectivity index (χ0n) is 6.05. The van der Waals surface area contributed by atoms with Gasteiger partial charge in [0.25, 0.3) is 0 Å². The molecule has 0 saturated heterocycles. The second-order valence-electron chi connectivity index (χ2n) is 1.39. The van der Waals surface area contributed by atoms with Crippen molar-refractivity contribution >= 4 is 11.9 Å². The first-order valence-electron chi connectivity index (χ1n) is 2.39. The minimum Gasteiger partial charge on any atom is -0.428 e. The molecule has 5 heteroatoms. The summed E-state index contributed by atoms with van der Waals surface area (Å²) in [7, 11) is 0. The van der Waals surface area contributed by atoms with E-state index in [9.17, 15) is 9.59 Å². The van der Waals surface area contributed by atoms with Crippen molar-refractivity contribution in [2.24, 2.45) is 0 Å². The van der Waals surface area contributed by atoms with Crippen molar-refractivity contribution in [1.29, 1.82) is 0 Å². The molecule has 0 aromatic heterocycles. The van der Waals surface area contributed by atoms with Gasteiger partial charge in [0.05, 0.1) is 0 Å². The number of esters is 2. The Kier molecular flexibility index (Phi) is 7.03. The van der Waals surface area contributed by atoms with E-state index in [0.717, 1.165) is 0 Å². The van der Waals surface area contributed by atoms with Gasteiger partial charge in [0.1, 0.15) is 0 Å². The summed E-state index contributed by atoms with van der Waals surface area (Å²) in [6.07, 6.45) is 0. The highest BCUT2D eigenvalue weighted by atomic mass is 16.7. The van der Waals surface area contributed by atoms with Gasteiger partial charge in [-0.25, -0.2) is 0 Å². The standard InChI is InChI=1S/C5H8O4.H3N/c1-4(6)8-3-9-5(2)7;/h3H2,1-2H3;1H3. The monoisotopic (exact) mass is 149 g/mol. The Balaban J connectivity index is 0. The van der Waals surface area contributed by atoms with Crippen molar-refractivity contribution in [2.75, 3.05) is 6.79 Å². The van der Waals surface area contributed by atoms with E-state index in [1.165, 1.54) is 13.8 Å². The Morgan fingerprint density at radius 1 is 1.10 bits per heavy atom. The Hall–Kier alpha value is -1.10. The molecule has 0 atom stereocenters. The van der Waals surface area contributed by atoms with E-state index in [-0.39, 0.29) is 12.9 Å². The smallest absolute Gasteiger partial charge is 0.305 e. The lowest BCUT2D eigenvalue weighted by Gasteiger charge is -1.99. The summed E-state index contributed by atoms with van der Waals surface area (Å²) in [5, 5.41) is 0. The van der Waals surface area contributed by atoms with Crippen LogP contribution in [0.1, 0.15) is 13.8 Å². The molecular weight excluding hydrogens is 138 g/mol. The fourth-order valence-electron chi connectivity index (χ4n) is 0.195. The summed E-state index contributed by atoms with van der Waals surface area (Å²) >= 11 is 0. The molecular formula is C5H11NO4. The van der Waals surface area contributed by atoms with Gasteiger partial charge in [0, 0.05) is 13.8 Å². The summed E-state index contributed by atoms with van der Waals surface area (Å²) in [4.78, 5) is 20.0. The van der Waals surface area contributed by atoms with Crippen molar-refractivity contribution in [3.63, 3.8) is 0 Å². The molecule has 0 bridgehead atoms. The molecule has 0 amide bonds. The van der Waals surface area contributed by atoms with Gasteiger partial charge in [-0.05, 0) is 0 Å². The summed E-state index contributed by atoms with van der Waals surface area (Å²) in [6.45, 7) is 2.19. The van der Waals surface area contributed by atoms with Crippen LogP contribution in [-0.2, 0) is 19.1 Å². The van der Waals surface area contributed by atoms with Crippen molar-refractivity contribution in [2.45, 2.75) is 13.8 Å². The van der Waals surface area contributed by atoms with Crippen LogP contribution in [0.15, 0.2) is 0 Å². The highest BCUT2D eigenvalue weighted by Crippen LogP contribution is 1.79. The van der Waals surface area contributed by atoms with Gasteiger partial charge >= 0.3 is 11.9 Å². The normalized spacial score (nSPS) is 7.40. The molecule has 60 valence electrons. The summed E-state index contributed by atoms with van der Waals surface area (Å²) in [5.74, 6) is -0.924. The number of carbonyl (C=O) groups is 2. The molecule has 0 radical (unpaired) electrons. The van der Waals surface area contributed by atoms with Crippen LogP contribution in [0.5, 0.6) is 0 Å². The van der Waals surface area contributed by atoms with E-state index >= 15 is 0 Å². The maximum Gasteiger partial charge on any atom is 0.305 e. The fraction of sp³-hybridized carbons (Fsp3) is 0.600. The van der Waals surface area contributed by atoms with Gasteiger partial charge in [0.15, 0.2) is 0 Å². The predicted octanol–water partition coefficient (Wildman–Crippen LogP) is 0.232. The molecule has 10 heavy (non-hydrogen) atoms. The maximum atomic E-state index is 10.0. The first-order chi connectivity index (χ1) is 4.13. The third kappa shape index (κ3) is 10.0. The van der Waals surface area contributed by atoms with Crippen LogP contribution in [-0.4, -0.2) is 18.7 Å². The highest BCUT2D eigenvalue weighted by Gasteiger charge is 1.93. The number of rotatable bonds is 2. The molecule has 3 N–H and O–H groups in total. The molecule has 0 saturated carbocycles. The van der Waals surface area contributed by atoms with Crippen LogP contribution in [0.2, 0.25) is 0 Å². The minimum atomic E-state index is -0.462. The average Bonchev–Trinajstić information content (AvgIpc) is 1.63. The quantitative estimate of drug-likeness (QED) is 0.448. The average molecular weight is 149 g/mol. The summed E-state index contributed by atoms with van der Waals surface area (Å²) in [6, 6.07) is 0. The maximum absolute atomic E-state index is 10.0. The molecule has 0 unspecified atom stereocenters. The molecule has 0 heterocycles. The third-order valence-corrected chi connectivity index (χ3v) is 0.524. The number of carbonyl (C=O) groups excluding carboxylic acids is 2. The number of hydrogen-bond donors (Lipinski definition) is 1. The molecule has 0 aliphatic heterocycles. The first kappa shape index (κ1) is 11.7. The lowest BCUT2D eigenvalue weighted by Crippen LogP contribution is -2.07. The Bertz CT molecular complexity index is 109. The van der Waals surface area contributed by atoms with Crippen molar-refractivity contribution < 1.29 is 19.1 Å². The summed E-state index contributed by atoms with van der Waals surface area (Å²) < 4.78 is 8.54. The van der Waals surface area contributed by atoms with Gasteiger partial charge in [-0.3, -0.25) is 9.59 Å². The Morgan fingerprint density at radius 3 is 1.60 bits per heavy atom. The van der Waals surface area contributed by atoms with Crippen LogP contribution in [0.3, 0.4) is 0 Å². The fourth-order valence-corrected chi connectivity index (χ4v) is 0.195. The van der Waals surface area contributed by atoms with Crippen molar-refractivity contribution in [3.8, 4) is 0 Å². The Morgan fingerprint density at radius 2 is 1.40 bits per heavy atom. The number of hydrogen-bond acceptors (Lipinski definition) is 5.